The van der Waals surface area contributed by atoms with Crippen LogP contribution in [0.15, 0.2) is 24.4 Å². The number of aryl methyl sites for hydroxylation is 1. The number of rotatable bonds is 4. The Morgan fingerprint density at radius 2 is 2.05 bits per heavy atom. The third kappa shape index (κ3) is 2.70. The van der Waals surface area contributed by atoms with Gasteiger partial charge in [0, 0.05) is 24.1 Å². The van der Waals surface area contributed by atoms with Gasteiger partial charge < -0.3 is 14.4 Å². The van der Waals surface area contributed by atoms with Crippen molar-refractivity contribution in [1.29, 1.82) is 0 Å². The molecule has 1 aliphatic rings. The second-order valence-corrected chi connectivity index (χ2v) is 6.19. The molecule has 1 aliphatic carbocycles. The number of carbonyl (C=O) groups is 1. The van der Waals surface area contributed by atoms with Crippen molar-refractivity contribution in [3.8, 4) is 5.75 Å². The van der Waals surface area contributed by atoms with Crippen LogP contribution >= 0.6 is 0 Å². The molecule has 0 amide bonds. The minimum atomic E-state index is -0.644. The molecule has 1 saturated carbocycles. The Balaban J connectivity index is 1.90. The van der Waals surface area contributed by atoms with E-state index in [1.165, 1.54) is 16.5 Å². The fourth-order valence-electron chi connectivity index (χ4n) is 3.63. The van der Waals surface area contributed by atoms with Crippen molar-refractivity contribution in [2.45, 2.75) is 38.5 Å². The van der Waals surface area contributed by atoms with E-state index >= 15 is 0 Å². The predicted octanol–water partition coefficient (Wildman–Crippen LogP) is 3.94. The van der Waals surface area contributed by atoms with Crippen LogP contribution in [0.4, 0.5) is 0 Å². The average molecular weight is 301 g/mol. The van der Waals surface area contributed by atoms with Crippen molar-refractivity contribution < 1.29 is 14.6 Å². The molecule has 2 aromatic rings. The number of fused-ring (bicyclic) bond motifs is 1. The first-order chi connectivity index (χ1) is 10.6. The molecule has 0 radical (unpaired) electrons. The topological polar surface area (TPSA) is 51.5 Å². The Bertz CT molecular complexity index is 681. The molecule has 3 rings (SSSR count). The Kier molecular flexibility index (Phi) is 4.10. The van der Waals surface area contributed by atoms with Gasteiger partial charge in [0.05, 0.1) is 12.5 Å². The summed E-state index contributed by atoms with van der Waals surface area (Å²) in [6.45, 7) is 2.65. The Hall–Kier alpha value is -1.97. The van der Waals surface area contributed by atoms with Gasteiger partial charge in [0.25, 0.3) is 0 Å². The van der Waals surface area contributed by atoms with Crippen LogP contribution in [0.5, 0.6) is 5.75 Å². The van der Waals surface area contributed by atoms with E-state index in [0.29, 0.717) is 12.5 Å². The van der Waals surface area contributed by atoms with Crippen molar-refractivity contribution in [1.82, 2.24) is 4.57 Å². The van der Waals surface area contributed by atoms with Crippen LogP contribution in [-0.2, 0) is 11.8 Å². The van der Waals surface area contributed by atoms with Crippen LogP contribution in [0.1, 0.15) is 44.1 Å². The molecule has 1 fully saturated rings. The zero-order valence-electron chi connectivity index (χ0n) is 13.2. The molecular weight excluding hydrogens is 278 g/mol. The molecule has 0 saturated heterocycles. The van der Waals surface area contributed by atoms with E-state index in [-0.39, 0.29) is 5.92 Å². The largest absolute Gasteiger partial charge is 0.494 e. The van der Waals surface area contributed by atoms with E-state index in [0.717, 1.165) is 31.4 Å². The summed E-state index contributed by atoms with van der Waals surface area (Å²) >= 11 is 0. The summed E-state index contributed by atoms with van der Waals surface area (Å²) in [5, 5.41) is 10.4. The highest BCUT2D eigenvalue weighted by atomic mass is 16.5. The number of aromatic nitrogens is 1. The third-order valence-electron chi connectivity index (χ3n) is 4.82. The van der Waals surface area contributed by atoms with Crippen molar-refractivity contribution in [2.24, 2.45) is 13.0 Å². The Labute approximate surface area is 130 Å². The highest BCUT2D eigenvalue weighted by Crippen LogP contribution is 2.40. The monoisotopic (exact) mass is 301 g/mol. The van der Waals surface area contributed by atoms with Gasteiger partial charge in [-0.25, -0.2) is 0 Å². The second-order valence-electron chi connectivity index (χ2n) is 6.19. The van der Waals surface area contributed by atoms with Gasteiger partial charge in [-0.15, -0.1) is 0 Å². The van der Waals surface area contributed by atoms with Gasteiger partial charge in [-0.2, -0.15) is 0 Å². The van der Waals surface area contributed by atoms with Crippen LogP contribution < -0.4 is 4.74 Å². The normalized spacial score (nSPS) is 21.9. The average Bonchev–Trinajstić information content (AvgIpc) is 2.84. The lowest BCUT2D eigenvalue weighted by Crippen LogP contribution is -2.20. The summed E-state index contributed by atoms with van der Waals surface area (Å²) in [4.78, 5) is 11.1. The van der Waals surface area contributed by atoms with Gasteiger partial charge in [-0.3, -0.25) is 4.79 Å². The van der Waals surface area contributed by atoms with Gasteiger partial charge in [0.2, 0.25) is 0 Å². The van der Waals surface area contributed by atoms with Crippen LogP contribution in [0.25, 0.3) is 10.9 Å². The number of benzene rings is 1. The Morgan fingerprint density at radius 1 is 1.32 bits per heavy atom. The molecule has 4 heteroatoms. The van der Waals surface area contributed by atoms with E-state index in [1.54, 1.807) is 0 Å². The van der Waals surface area contributed by atoms with E-state index in [4.69, 9.17) is 9.84 Å². The fraction of sp³-hybridized carbons (Fsp3) is 0.500. The zero-order valence-corrected chi connectivity index (χ0v) is 13.2. The van der Waals surface area contributed by atoms with Crippen LogP contribution in [-0.4, -0.2) is 22.2 Å². The number of hydrogen-bond donors (Lipinski definition) is 1. The number of carboxylic acid groups (broad SMARTS) is 1. The molecule has 1 N–H and O–H groups in total. The summed E-state index contributed by atoms with van der Waals surface area (Å²) in [5.41, 5.74) is 2.54. The van der Waals surface area contributed by atoms with Crippen LogP contribution in [0.2, 0.25) is 0 Å². The highest BCUT2D eigenvalue weighted by molar-refractivity contribution is 5.86. The number of nitrogens with zero attached hydrogens (tertiary/aromatic N) is 1. The lowest BCUT2D eigenvalue weighted by atomic mass is 9.78. The minimum Gasteiger partial charge on any atom is -0.494 e. The molecule has 118 valence electrons. The molecular formula is C18H23NO3. The maximum atomic E-state index is 11.1. The summed E-state index contributed by atoms with van der Waals surface area (Å²) in [7, 11) is 2.06. The van der Waals surface area contributed by atoms with Gasteiger partial charge >= 0.3 is 5.97 Å². The molecule has 1 heterocycles. The molecule has 1 aromatic carbocycles. The SMILES string of the molecule is CCOc1ccc2c(c1)c(C1CCC(C(=O)O)CC1)cn2C. The molecule has 22 heavy (non-hydrogen) atoms. The van der Waals surface area contributed by atoms with Gasteiger partial charge in [0.15, 0.2) is 0 Å². The van der Waals surface area contributed by atoms with E-state index in [2.05, 4.69) is 29.9 Å². The zero-order chi connectivity index (χ0) is 15.7. The summed E-state index contributed by atoms with van der Waals surface area (Å²) in [6, 6.07) is 6.24. The van der Waals surface area contributed by atoms with Crippen molar-refractivity contribution in [3.05, 3.63) is 30.0 Å². The summed E-state index contributed by atoms with van der Waals surface area (Å²) in [6.07, 6.45) is 5.67. The molecule has 0 atom stereocenters. The number of ether oxygens (including phenoxy) is 1. The number of carboxylic acids is 1. The maximum absolute atomic E-state index is 11.1. The Morgan fingerprint density at radius 3 is 2.68 bits per heavy atom. The smallest absolute Gasteiger partial charge is 0.306 e. The van der Waals surface area contributed by atoms with E-state index < -0.39 is 5.97 Å². The van der Waals surface area contributed by atoms with E-state index in [1.807, 2.05) is 13.0 Å². The van der Waals surface area contributed by atoms with E-state index in [9.17, 15) is 4.79 Å². The third-order valence-corrected chi connectivity index (χ3v) is 4.82. The van der Waals surface area contributed by atoms with Crippen molar-refractivity contribution >= 4 is 16.9 Å². The van der Waals surface area contributed by atoms with Crippen molar-refractivity contribution in [3.63, 3.8) is 0 Å². The molecule has 0 unspecified atom stereocenters. The molecule has 0 bridgehead atoms. The predicted molar refractivity (Wildman–Crippen MR) is 86.4 cm³/mol. The summed E-state index contributed by atoms with van der Waals surface area (Å²) in [5.74, 6) is 0.554. The second kappa shape index (κ2) is 6.03. The molecule has 0 spiro atoms. The van der Waals surface area contributed by atoms with Gasteiger partial charge in [-0.05, 0) is 62.3 Å². The lowest BCUT2D eigenvalue weighted by molar-refractivity contribution is -0.142. The van der Waals surface area contributed by atoms with Crippen LogP contribution in [0, 0.1) is 5.92 Å². The summed E-state index contributed by atoms with van der Waals surface area (Å²) < 4.78 is 7.78. The minimum absolute atomic E-state index is 0.162. The van der Waals surface area contributed by atoms with Crippen molar-refractivity contribution in [2.75, 3.05) is 6.61 Å². The fourth-order valence-corrected chi connectivity index (χ4v) is 3.63. The first-order valence-corrected chi connectivity index (χ1v) is 8.04. The maximum Gasteiger partial charge on any atom is 0.306 e. The molecule has 1 aromatic heterocycles. The molecule has 0 aliphatic heterocycles. The van der Waals surface area contributed by atoms with Gasteiger partial charge in [-0.1, -0.05) is 0 Å². The first kappa shape index (κ1) is 14.9. The first-order valence-electron chi connectivity index (χ1n) is 8.04. The van der Waals surface area contributed by atoms with Crippen LogP contribution in [0.3, 0.4) is 0 Å². The quantitative estimate of drug-likeness (QED) is 0.930. The number of aliphatic carboxylic acids is 1. The van der Waals surface area contributed by atoms with Gasteiger partial charge in [0.1, 0.15) is 5.75 Å². The number of hydrogen-bond acceptors (Lipinski definition) is 2. The highest BCUT2D eigenvalue weighted by Gasteiger charge is 2.28. The standard InChI is InChI=1S/C18H23NO3/c1-3-22-14-8-9-17-15(10-14)16(11-19(17)2)12-4-6-13(7-5-12)18(20)21/h8-13H,3-7H2,1-2H3,(H,20,21). The molecule has 4 nitrogen and oxygen atoms in total. The lowest BCUT2D eigenvalue weighted by Gasteiger charge is -2.26.